The summed E-state index contributed by atoms with van der Waals surface area (Å²) in [5, 5.41) is 41.4. The molecule has 0 saturated carbocycles. The van der Waals surface area contributed by atoms with Crippen molar-refractivity contribution in [2.24, 2.45) is 0 Å². The van der Waals surface area contributed by atoms with Crippen molar-refractivity contribution in [3.8, 4) is 0 Å². The first-order chi connectivity index (χ1) is 34.5. The van der Waals surface area contributed by atoms with Crippen LogP contribution in [-0.2, 0) is 46.3 Å². The smallest absolute Gasteiger partial charge is 0.462 e. The van der Waals surface area contributed by atoms with Gasteiger partial charge in [-0.1, -0.05) is 139 Å². The number of esters is 2. The molecule has 1 aromatic heterocycles. The maximum absolute atomic E-state index is 12.9. The van der Waals surface area contributed by atoms with E-state index < -0.39 is 95.9 Å². The molecule has 20 nitrogen and oxygen atoms in total. The lowest BCUT2D eigenvalue weighted by atomic mass is 10.1. The standard InChI is InChI=1S/C50H83N3O17P2/c1-3-5-7-9-11-12-13-14-15-16-17-18-19-21-27-33-45(56)65-37-42(68-46(57)34-28-32-41(55)31-26-23-22-25-30-40(54)29-24-20-10-8-6-4-2)38-66-71(61,62)70-72(63,64)67-39-43-47(58)48(59)49(69-43)53-36-35-44(51)52-50(53)60/h12-13,20,22-26,30-31,35-36,40-43,47-49,54-55,58-59H,3-11,14-19,21,27-29,32-34,37-39H2,1-2H3,(H,61,62)(H,63,64)(H2,51,52,60)/b13-12-,23-22+,24-20-,30-25+,31-26-/t40-,41-,42+,43+,47+,48+,49+/m0/s1. The number of aliphatic hydroxyl groups excluding tert-OH is 4. The van der Waals surface area contributed by atoms with Crippen LogP contribution in [0.5, 0.6) is 0 Å². The zero-order valence-electron chi connectivity index (χ0n) is 42.2. The zero-order valence-corrected chi connectivity index (χ0v) is 44.0. The molecule has 22 heteroatoms. The summed E-state index contributed by atoms with van der Waals surface area (Å²) in [6, 6.07) is 1.23. The van der Waals surface area contributed by atoms with E-state index in [-0.39, 0.29) is 31.5 Å². The van der Waals surface area contributed by atoms with Gasteiger partial charge in [0.1, 0.15) is 30.7 Å². The second kappa shape index (κ2) is 38.0. The maximum Gasteiger partial charge on any atom is 0.481 e. The number of ether oxygens (including phenoxy) is 3. The largest absolute Gasteiger partial charge is 0.481 e. The minimum Gasteiger partial charge on any atom is -0.462 e. The number of nitrogens with two attached hydrogens (primary N) is 1. The van der Waals surface area contributed by atoms with Gasteiger partial charge in [0.15, 0.2) is 12.3 Å². The molecule has 0 bridgehead atoms. The molecular weight excluding hydrogens is 977 g/mol. The van der Waals surface area contributed by atoms with Crippen LogP contribution in [0.25, 0.3) is 0 Å². The van der Waals surface area contributed by atoms with E-state index in [4.69, 9.17) is 29.0 Å². The molecule has 1 saturated heterocycles. The fourth-order valence-corrected chi connectivity index (χ4v) is 9.32. The van der Waals surface area contributed by atoms with Crippen LogP contribution < -0.4 is 11.4 Å². The Hall–Kier alpha value is -3.62. The van der Waals surface area contributed by atoms with Crippen molar-refractivity contribution in [1.82, 2.24) is 9.55 Å². The molecule has 2 rings (SSSR count). The Balaban J connectivity index is 1.88. The fourth-order valence-electron chi connectivity index (χ4n) is 7.21. The van der Waals surface area contributed by atoms with Gasteiger partial charge in [-0.05, 0) is 70.3 Å². The van der Waals surface area contributed by atoms with Crippen molar-refractivity contribution in [2.45, 2.75) is 198 Å². The van der Waals surface area contributed by atoms with Gasteiger partial charge in [0.25, 0.3) is 0 Å². The quantitative estimate of drug-likeness (QED) is 0.0107. The molecule has 1 aliphatic rings. The Morgan fingerprint density at radius 2 is 1.29 bits per heavy atom. The Bertz CT molecular complexity index is 1980. The summed E-state index contributed by atoms with van der Waals surface area (Å²) in [7, 11) is -11.0. The lowest BCUT2D eigenvalue weighted by Gasteiger charge is -2.21. The average molecular weight is 1060 g/mol. The van der Waals surface area contributed by atoms with Crippen LogP contribution in [-0.4, -0.2) is 108 Å². The van der Waals surface area contributed by atoms with Crippen molar-refractivity contribution >= 4 is 33.4 Å². The summed E-state index contributed by atoms with van der Waals surface area (Å²) in [5.74, 6) is -1.56. The molecule has 1 fully saturated rings. The summed E-state index contributed by atoms with van der Waals surface area (Å²) in [6.45, 7) is 1.84. The normalized spacial score (nSPS) is 20.4. The van der Waals surface area contributed by atoms with Gasteiger partial charge in [-0.3, -0.25) is 23.2 Å². The molecule has 0 amide bonds. The first-order valence-electron chi connectivity index (χ1n) is 25.5. The van der Waals surface area contributed by atoms with Crippen LogP contribution in [0.4, 0.5) is 5.82 Å². The van der Waals surface area contributed by atoms with Gasteiger partial charge in [0.2, 0.25) is 0 Å². The first kappa shape index (κ1) is 64.5. The van der Waals surface area contributed by atoms with Crippen LogP contribution >= 0.6 is 15.6 Å². The number of phosphoric acid groups is 2. The molecule has 1 aromatic rings. The lowest BCUT2D eigenvalue weighted by Crippen LogP contribution is -2.36. The third-order valence-corrected chi connectivity index (χ3v) is 13.9. The molecule has 0 radical (unpaired) electrons. The van der Waals surface area contributed by atoms with E-state index >= 15 is 0 Å². The molecule has 72 heavy (non-hydrogen) atoms. The lowest BCUT2D eigenvalue weighted by molar-refractivity contribution is -0.161. The van der Waals surface area contributed by atoms with Gasteiger partial charge in [-0.2, -0.15) is 9.29 Å². The average Bonchev–Trinajstić information content (AvgIpc) is 3.61. The topological polar surface area (TPSA) is 306 Å². The number of carbonyl (C=O) groups is 2. The number of nitrogens with zero attached hydrogens (tertiary/aromatic N) is 2. The Morgan fingerprint density at radius 1 is 0.736 bits per heavy atom. The van der Waals surface area contributed by atoms with E-state index in [9.17, 15) is 53.7 Å². The summed E-state index contributed by atoms with van der Waals surface area (Å²) < 4.78 is 56.5. The monoisotopic (exact) mass is 1060 g/mol. The molecule has 2 heterocycles. The molecule has 0 aliphatic carbocycles. The minimum atomic E-state index is -5.49. The molecule has 0 aromatic carbocycles. The number of carbonyl (C=O) groups excluding carboxylic acids is 2. The highest BCUT2D eigenvalue weighted by atomic mass is 31.3. The van der Waals surface area contributed by atoms with Gasteiger partial charge in [0.05, 0.1) is 25.4 Å². The number of rotatable bonds is 41. The molecule has 2 unspecified atom stereocenters. The molecule has 8 N–H and O–H groups in total. The summed E-state index contributed by atoms with van der Waals surface area (Å²) in [6.07, 6.45) is 29.2. The van der Waals surface area contributed by atoms with Gasteiger partial charge in [0, 0.05) is 19.0 Å². The van der Waals surface area contributed by atoms with E-state index in [2.05, 4.69) is 41.4 Å². The Morgan fingerprint density at radius 3 is 1.94 bits per heavy atom. The molecule has 9 atom stereocenters. The van der Waals surface area contributed by atoms with Crippen LogP contribution in [0.1, 0.15) is 161 Å². The highest BCUT2D eigenvalue weighted by Crippen LogP contribution is 2.60. The van der Waals surface area contributed by atoms with Crippen molar-refractivity contribution in [3.05, 3.63) is 83.5 Å². The number of aliphatic hydroxyl groups is 4. The van der Waals surface area contributed by atoms with E-state index in [0.717, 1.165) is 81.4 Å². The van der Waals surface area contributed by atoms with Crippen LogP contribution in [0.3, 0.4) is 0 Å². The molecule has 1 aliphatic heterocycles. The van der Waals surface area contributed by atoms with Gasteiger partial charge in [-0.15, -0.1) is 0 Å². The van der Waals surface area contributed by atoms with Gasteiger partial charge in [-0.25, -0.2) is 13.9 Å². The van der Waals surface area contributed by atoms with E-state index in [1.54, 1.807) is 30.4 Å². The van der Waals surface area contributed by atoms with E-state index in [1.807, 2.05) is 6.08 Å². The highest BCUT2D eigenvalue weighted by molar-refractivity contribution is 7.61. The summed E-state index contributed by atoms with van der Waals surface area (Å²) in [4.78, 5) is 61.9. The second-order valence-electron chi connectivity index (χ2n) is 17.7. The number of anilines is 1. The van der Waals surface area contributed by atoms with Crippen molar-refractivity contribution in [1.29, 1.82) is 0 Å². The van der Waals surface area contributed by atoms with Gasteiger partial charge < -0.3 is 50.2 Å². The van der Waals surface area contributed by atoms with Crippen LogP contribution in [0.2, 0.25) is 0 Å². The summed E-state index contributed by atoms with van der Waals surface area (Å²) in [5.41, 5.74) is 4.56. The van der Waals surface area contributed by atoms with Crippen LogP contribution in [0, 0.1) is 0 Å². The van der Waals surface area contributed by atoms with Crippen molar-refractivity contribution in [3.63, 3.8) is 0 Å². The number of unbranched alkanes of at least 4 members (excludes halogenated alkanes) is 14. The number of aromatic nitrogens is 2. The predicted molar refractivity (Wildman–Crippen MR) is 273 cm³/mol. The zero-order chi connectivity index (χ0) is 53.0. The molecule has 410 valence electrons. The molecule has 0 spiro atoms. The number of phosphoric ester groups is 2. The Labute approximate surface area is 425 Å². The van der Waals surface area contributed by atoms with E-state index in [1.165, 1.54) is 44.2 Å². The van der Waals surface area contributed by atoms with Crippen molar-refractivity contribution < 1.29 is 76.5 Å². The minimum absolute atomic E-state index is 0.0671. The maximum atomic E-state index is 12.9. The Kier molecular flexibility index (Phi) is 34.0. The number of hydrogen-bond acceptors (Lipinski definition) is 17. The van der Waals surface area contributed by atoms with Crippen LogP contribution in [0.15, 0.2) is 77.8 Å². The number of nitrogen functional groups attached to an aromatic ring is 1. The highest BCUT2D eigenvalue weighted by Gasteiger charge is 2.46. The third kappa shape index (κ3) is 30.5. The van der Waals surface area contributed by atoms with Gasteiger partial charge >= 0.3 is 33.3 Å². The van der Waals surface area contributed by atoms with E-state index in [0.29, 0.717) is 12.8 Å². The second-order valence-corrected chi connectivity index (χ2v) is 20.8. The number of hydrogen-bond donors (Lipinski definition) is 7. The SMILES string of the molecule is CCCCC/C=C\C[C@H](O)/C=C/C=C/C=C\[C@H](O)CCCC(=O)O[C@H](COC(=O)CCCCCCCCC/C=C\CCCCCC)COP(=O)(O)OP(=O)(O)OC[C@H]1O[C@@H](n2ccc(N)nc2=O)[C@H](O)[C@@H]1O. The summed E-state index contributed by atoms with van der Waals surface area (Å²) >= 11 is 0. The fraction of sp³-hybridized carbons (Fsp3) is 0.680. The molecular formula is C50H83N3O17P2. The number of allylic oxidation sites excluding steroid dienone is 7. The first-order valence-corrected chi connectivity index (χ1v) is 28.5. The predicted octanol–water partition coefficient (Wildman–Crippen LogP) is 8.28. The van der Waals surface area contributed by atoms with Crippen molar-refractivity contribution in [2.75, 3.05) is 25.6 Å². The third-order valence-electron chi connectivity index (χ3n) is 11.3.